The van der Waals surface area contributed by atoms with E-state index in [1.807, 2.05) is 50.4 Å². The Labute approximate surface area is 220 Å². The summed E-state index contributed by atoms with van der Waals surface area (Å²) in [5, 5.41) is 6.46. The third-order valence-electron chi connectivity index (χ3n) is 6.82. The number of nitrogens with zero attached hydrogens (tertiary/aromatic N) is 1. The van der Waals surface area contributed by atoms with Crippen molar-refractivity contribution >= 4 is 40.6 Å². The highest BCUT2D eigenvalue weighted by atomic mass is 32.2. The molecule has 0 spiro atoms. The molecule has 2 aromatic heterocycles. The second-order valence-corrected chi connectivity index (χ2v) is 11.7. The summed E-state index contributed by atoms with van der Waals surface area (Å²) < 4.78 is 1.14. The minimum Gasteiger partial charge on any atom is -0.362 e. The first-order valence-electron chi connectivity index (χ1n) is 12.0. The third-order valence-corrected chi connectivity index (χ3v) is 9.04. The van der Waals surface area contributed by atoms with Crippen molar-refractivity contribution in [1.29, 1.82) is 0 Å². The highest BCUT2D eigenvalue weighted by Crippen LogP contribution is 2.49. The van der Waals surface area contributed by atoms with Crippen LogP contribution in [-0.2, 0) is 9.59 Å². The van der Waals surface area contributed by atoms with Gasteiger partial charge in [-0.1, -0.05) is 36.4 Å². The average molecular weight is 516 g/mol. The van der Waals surface area contributed by atoms with Gasteiger partial charge in [0.2, 0.25) is 0 Å². The molecule has 5 rings (SSSR count). The van der Waals surface area contributed by atoms with E-state index in [4.69, 9.17) is 0 Å². The zero-order chi connectivity index (χ0) is 25.4. The number of carbonyl (C=O) groups is 2. The number of carbonyl (C=O) groups excluding carboxylic acids is 2. The summed E-state index contributed by atoms with van der Waals surface area (Å²) in [6, 6.07) is 17.9. The Bertz CT molecular complexity index is 1400. The number of hydrogen-bond donors (Lipinski definition) is 2. The molecule has 0 fully saturated rings. The van der Waals surface area contributed by atoms with Crippen molar-refractivity contribution in [3.05, 3.63) is 98.8 Å². The topological polar surface area (TPSA) is 71.1 Å². The zero-order valence-corrected chi connectivity index (χ0v) is 22.5. The van der Waals surface area contributed by atoms with Crippen LogP contribution in [0.5, 0.6) is 0 Å². The molecule has 1 amide bonds. The van der Waals surface area contributed by atoms with E-state index in [1.54, 1.807) is 29.2 Å². The van der Waals surface area contributed by atoms with Gasteiger partial charge in [-0.3, -0.25) is 9.59 Å². The normalized spacial score (nSPS) is 19.7. The second-order valence-electron chi connectivity index (χ2n) is 9.35. The third kappa shape index (κ3) is 4.65. The molecule has 36 heavy (non-hydrogen) atoms. The number of aromatic nitrogens is 1. The predicted octanol–water partition coefficient (Wildman–Crippen LogP) is 6.48. The summed E-state index contributed by atoms with van der Waals surface area (Å²) >= 11 is 3.38. The van der Waals surface area contributed by atoms with Crippen molar-refractivity contribution in [3.8, 4) is 0 Å². The van der Waals surface area contributed by atoms with Gasteiger partial charge >= 0.3 is 0 Å². The van der Waals surface area contributed by atoms with Crippen molar-refractivity contribution in [2.75, 3.05) is 11.6 Å². The van der Waals surface area contributed by atoms with Crippen LogP contribution in [0.2, 0.25) is 0 Å². The van der Waals surface area contributed by atoms with E-state index < -0.39 is 5.92 Å². The number of aryl methyl sites for hydroxylation is 2. The number of nitrogens with one attached hydrogen (secondary N) is 2. The molecular formula is C29H29N3O2S2. The van der Waals surface area contributed by atoms with Crippen molar-refractivity contribution in [3.63, 3.8) is 0 Å². The smallest absolute Gasteiger partial charge is 0.255 e. The molecule has 5 nitrogen and oxygen atoms in total. The Morgan fingerprint density at radius 3 is 2.58 bits per heavy atom. The van der Waals surface area contributed by atoms with Gasteiger partial charge in [-0.2, -0.15) is 0 Å². The number of dihydropyridines is 1. The van der Waals surface area contributed by atoms with E-state index in [2.05, 4.69) is 40.7 Å². The lowest BCUT2D eigenvalue weighted by Gasteiger charge is -2.37. The van der Waals surface area contributed by atoms with E-state index in [-0.39, 0.29) is 17.6 Å². The van der Waals surface area contributed by atoms with Gasteiger partial charge in [0.25, 0.3) is 5.91 Å². The van der Waals surface area contributed by atoms with E-state index in [1.165, 1.54) is 10.4 Å². The Morgan fingerprint density at radius 1 is 1.08 bits per heavy atom. The lowest BCUT2D eigenvalue weighted by atomic mass is 9.72. The largest absolute Gasteiger partial charge is 0.362 e. The number of thioether (sulfide) groups is 1. The monoisotopic (exact) mass is 515 g/mol. The number of Topliss-reactive ketones (excluding diaryl/α,β-unsaturated/α-hetero) is 1. The molecule has 1 aliphatic carbocycles. The first-order valence-corrected chi connectivity index (χ1v) is 14.1. The Kier molecular flexibility index (Phi) is 6.86. The summed E-state index contributed by atoms with van der Waals surface area (Å²) in [5.74, 6) is 0.0789. The van der Waals surface area contributed by atoms with Crippen LogP contribution in [0.25, 0.3) is 0 Å². The maximum Gasteiger partial charge on any atom is 0.255 e. The maximum absolute atomic E-state index is 13.8. The van der Waals surface area contributed by atoms with Crippen molar-refractivity contribution in [2.24, 2.45) is 0 Å². The summed E-state index contributed by atoms with van der Waals surface area (Å²) in [5.41, 5.74) is 6.05. The SMILES string of the molecule is CSc1sc(C)cc1[C@@H]1C(C(=O)Nc2cccc(C)n2)=C(C)NC2=C1C(=O)C[C@H](c1ccccc1)C2. The minimum atomic E-state index is -0.414. The Balaban J connectivity index is 1.59. The quantitative estimate of drug-likeness (QED) is 0.381. The molecular weight excluding hydrogens is 486 g/mol. The number of hydrogen-bond acceptors (Lipinski definition) is 6. The highest BCUT2D eigenvalue weighted by Gasteiger charge is 2.42. The number of rotatable bonds is 5. The number of ketones is 1. The number of thiophene rings is 1. The molecule has 2 atom stereocenters. The minimum absolute atomic E-state index is 0.102. The molecule has 7 heteroatoms. The number of allylic oxidation sites excluding steroid dienone is 3. The molecule has 2 N–H and O–H groups in total. The Hall–Kier alpha value is -3.16. The van der Waals surface area contributed by atoms with Gasteiger partial charge in [0.15, 0.2) is 5.78 Å². The van der Waals surface area contributed by atoms with Gasteiger partial charge in [-0.05, 0) is 68.7 Å². The fraction of sp³-hybridized carbons (Fsp3) is 0.276. The molecule has 2 aliphatic rings. The number of pyridine rings is 1. The predicted molar refractivity (Wildman–Crippen MR) is 147 cm³/mol. The zero-order valence-electron chi connectivity index (χ0n) is 20.8. The summed E-state index contributed by atoms with van der Waals surface area (Å²) in [6.07, 6.45) is 3.23. The summed E-state index contributed by atoms with van der Waals surface area (Å²) in [6.45, 7) is 5.90. The first kappa shape index (κ1) is 24.5. The summed E-state index contributed by atoms with van der Waals surface area (Å²) in [4.78, 5) is 33.2. The first-order chi connectivity index (χ1) is 17.4. The van der Waals surface area contributed by atoms with Crippen molar-refractivity contribution in [1.82, 2.24) is 10.3 Å². The molecule has 3 heterocycles. The molecule has 0 bridgehead atoms. The molecule has 1 aliphatic heterocycles. The van der Waals surface area contributed by atoms with Gasteiger partial charge in [-0.25, -0.2) is 4.98 Å². The highest BCUT2D eigenvalue weighted by molar-refractivity contribution is 8.00. The molecule has 0 saturated carbocycles. The molecule has 1 aromatic carbocycles. The van der Waals surface area contributed by atoms with E-state index in [0.29, 0.717) is 17.8 Å². The molecule has 184 valence electrons. The van der Waals surface area contributed by atoms with Crippen LogP contribution in [-0.4, -0.2) is 22.9 Å². The van der Waals surface area contributed by atoms with Gasteiger partial charge in [0.1, 0.15) is 5.82 Å². The Morgan fingerprint density at radius 2 is 1.86 bits per heavy atom. The van der Waals surface area contributed by atoms with E-state index >= 15 is 0 Å². The van der Waals surface area contributed by atoms with E-state index in [9.17, 15) is 9.59 Å². The number of amides is 1. The van der Waals surface area contributed by atoms with Crippen LogP contribution in [0.3, 0.4) is 0 Å². The van der Waals surface area contributed by atoms with Crippen molar-refractivity contribution < 1.29 is 9.59 Å². The van der Waals surface area contributed by atoms with Gasteiger partial charge in [0.05, 0.1) is 4.21 Å². The lowest BCUT2D eigenvalue weighted by molar-refractivity contribution is -0.116. The van der Waals surface area contributed by atoms with Crippen LogP contribution in [0.1, 0.15) is 53.3 Å². The van der Waals surface area contributed by atoms with Crippen LogP contribution >= 0.6 is 23.1 Å². The molecule has 0 unspecified atom stereocenters. The average Bonchev–Trinajstić information content (AvgIpc) is 3.23. The molecule has 0 radical (unpaired) electrons. The fourth-order valence-electron chi connectivity index (χ4n) is 5.28. The fourth-order valence-corrected chi connectivity index (χ4v) is 7.19. The standard InChI is InChI=1S/C29H29N3O2S2/c1-16-9-8-12-24(30-16)32-28(34)25-18(3)31-22-14-20(19-10-6-5-7-11-19)15-23(33)27(22)26(25)21-13-17(2)36-29(21)35-4/h5-13,20,26,31H,14-15H2,1-4H3,(H,30,32,34)/t20-,26-/m1/s1. The van der Waals surface area contributed by atoms with Crippen LogP contribution in [0.4, 0.5) is 5.82 Å². The summed E-state index contributed by atoms with van der Waals surface area (Å²) in [7, 11) is 0. The van der Waals surface area contributed by atoms with Gasteiger partial charge < -0.3 is 10.6 Å². The molecule has 3 aromatic rings. The van der Waals surface area contributed by atoms with E-state index in [0.717, 1.165) is 38.9 Å². The number of anilines is 1. The lowest BCUT2D eigenvalue weighted by Crippen LogP contribution is -2.37. The van der Waals surface area contributed by atoms with Gasteiger partial charge in [0, 0.05) is 45.5 Å². The van der Waals surface area contributed by atoms with Crippen LogP contribution < -0.4 is 10.6 Å². The second kappa shape index (κ2) is 10.1. The van der Waals surface area contributed by atoms with Gasteiger partial charge in [-0.15, -0.1) is 23.1 Å². The number of benzene rings is 1. The van der Waals surface area contributed by atoms with Crippen LogP contribution in [0, 0.1) is 13.8 Å². The van der Waals surface area contributed by atoms with Crippen molar-refractivity contribution in [2.45, 2.75) is 49.7 Å². The maximum atomic E-state index is 13.8. The van der Waals surface area contributed by atoms with Crippen LogP contribution in [0.15, 0.2) is 81.3 Å². The molecule has 0 saturated heterocycles.